The lowest BCUT2D eigenvalue weighted by molar-refractivity contribution is 0.152. The van der Waals surface area contributed by atoms with Gasteiger partial charge in [0.1, 0.15) is 0 Å². The lowest BCUT2D eigenvalue weighted by atomic mass is 10.1. The highest BCUT2D eigenvalue weighted by Gasteiger charge is 2.21. The Labute approximate surface area is 70.4 Å². The van der Waals surface area contributed by atoms with Crippen LogP contribution in [0.3, 0.4) is 0 Å². The van der Waals surface area contributed by atoms with Crippen LogP contribution in [0.5, 0.6) is 0 Å². The maximum Gasteiger partial charge on any atom is 0.0297 e. The Morgan fingerprint density at radius 2 is 2.27 bits per heavy atom. The van der Waals surface area contributed by atoms with Crippen LogP contribution in [-0.4, -0.2) is 46.8 Å². The molecule has 0 aromatic heterocycles. The second-order valence-corrected chi connectivity index (χ2v) is 4.71. The van der Waals surface area contributed by atoms with E-state index in [1.807, 2.05) is 0 Å². The fraction of sp³-hybridized carbons (Fsp3) is 1.00. The van der Waals surface area contributed by atoms with E-state index in [0.717, 1.165) is 31.8 Å². The van der Waals surface area contributed by atoms with E-state index < -0.39 is 10.8 Å². The topological polar surface area (TPSA) is 46.3 Å². The third-order valence-corrected chi connectivity index (χ3v) is 2.76. The number of hydrogen-bond donors (Lipinski definition) is 1. The molecule has 0 aromatic carbocycles. The van der Waals surface area contributed by atoms with Crippen molar-refractivity contribution in [2.75, 3.05) is 31.6 Å². The summed E-state index contributed by atoms with van der Waals surface area (Å²) in [7, 11) is -0.627. The number of hydrogen-bond acceptors (Lipinski definition) is 3. The molecule has 1 unspecified atom stereocenters. The van der Waals surface area contributed by atoms with Crippen molar-refractivity contribution in [2.45, 2.75) is 12.5 Å². The Morgan fingerprint density at radius 3 is 2.73 bits per heavy atom. The van der Waals surface area contributed by atoms with Gasteiger partial charge in [0.15, 0.2) is 0 Å². The number of nitrogens with two attached hydrogens (primary N) is 1. The molecule has 0 radical (unpaired) electrons. The number of rotatable bonds is 4. The van der Waals surface area contributed by atoms with Gasteiger partial charge in [0.25, 0.3) is 0 Å². The molecule has 0 aromatic rings. The van der Waals surface area contributed by atoms with Gasteiger partial charge in [-0.2, -0.15) is 0 Å². The molecule has 66 valence electrons. The minimum absolute atomic E-state index is 0.391. The third-order valence-electron chi connectivity index (χ3n) is 1.89. The highest BCUT2D eigenvalue weighted by Crippen LogP contribution is 2.05. The molecule has 4 heteroatoms. The zero-order chi connectivity index (χ0) is 8.27. The molecule has 1 saturated heterocycles. The van der Waals surface area contributed by atoms with Crippen LogP contribution >= 0.6 is 0 Å². The molecular formula is C7H16N2OS. The van der Waals surface area contributed by atoms with E-state index in [0.29, 0.717) is 6.04 Å². The van der Waals surface area contributed by atoms with Crippen LogP contribution in [0.2, 0.25) is 0 Å². The zero-order valence-electron chi connectivity index (χ0n) is 6.95. The van der Waals surface area contributed by atoms with Crippen LogP contribution < -0.4 is 5.73 Å². The maximum atomic E-state index is 10.7. The Kier molecular flexibility index (Phi) is 3.48. The molecule has 1 heterocycles. The fourth-order valence-electron chi connectivity index (χ4n) is 1.28. The van der Waals surface area contributed by atoms with Gasteiger partial charge in [-0.3, -0.25) is 4.21 Å². The minimum Gasteiger partial charge on any atom is -0.325 e. The predicted octanol–water partition coefficient (Wildman–Crippen LogP) is -0.602. The SMILES string of the molecule is CS(=O)CCCN1CC(N)C1. The van der Waals surface area contributed by atoms with Crippen LogP contribution in [0, 0.1) is 0 Å². The van der Waals surface area contributed by atoms with Crippen molar-refractivity contribution < 1.29 is 4.21 Å². The summed E-state index contributed by atoms with van der Waals surface area (Å²) in [5.41, 5.74) is 5.60. The van der Waals surface area contributed by atoms with E-state index in [-0.39, 0.29) is 0 Å². The molecule has 0 spiro atoms. The van der Waals surface area contributed by atoms with E-state index in [9.17, 15) is 4.21 Å². The summed E-state index contributed by atoms with van der Waals surface area (Å²) >= 11 is 0. The first-order valence-electron chi connectivity index (χ1n) is 3.96. The minimum atomic E-state index is -0.627. The molecule has 11 heavy (non-hydrogen) atoms. The maximum absolute atomic E-state index is 10.7. The van der Waals surface area contributed by atoms with Crippen molar-refractivity contribution in [3.8, 4) is 0 Å². The monoisotopic (exact) mass is 176 g/mol. The zero-order valence-corrected chi connectivity index (χ0v) is 7.77. The fourth-order valence-corrected chi connectivity index (χ4v) is 1.82. The number of nitrogens with zero attached hydrogens (tertiary/aromatic N) is 1. The quantitative estimate of drug-likeness (QED) is 0.622. The molecule has 1 atom stereocenters. The summed E-state index contributed by atoms with van der Waals surface area (Å²) < 4.78 is 10.7. The molecule has 1 rings (SSSR count). The summed E-state index contributed by atoms with van der Waals surface area (Å²) in [5, 5.41) is 0. The summed E-state index contributed by atoms with van der Waals surface area (Å²) in [6, 6.07) is 0.391. The van der Waals surface area contributed by atoms with Crippen molar-refractivity contribution in [1.29, 1.82) is 0 Å². The van der Waals surface area contributed by atoms with Crippen LogP contribution in [0.1, 0.15) is 6.42 Å². The van der Waals surface area contributed by atoms with Gasteiger partial charge in [0.05, 0.1) is 0 Å². The first-order valence-corrected chi connectivity index (χ1v) is 5.69. The van der Waals surface area contributed by atoms with Crippen LogP contribution in [0.4, 0.5) is 0 Å². The van der Waals surface area contributed by atoms with Gasteiger partial charge in [-0.05, 0) is 13.0 Å². The van der Waals surface area contributed by atoms with Crippen molar-refractivity contribution in [3.63, 3.8) is 0 Å². The van der Waals surface area contributed by atoms with E-state index >= 15 is 0 Å². The first kappa shape index (κ1) is 9.16. The van der Waals surface area contributed by atoms with Crippen molar-refractivity contribution in [1.82, 2.24) is 4.90 Å². The smallest absolute Gasteiger partial charge is 0.0297 e. The normalized spacial score (nSPS) is 23.1. The average Bonchev–Trinajstić information content (AvgIpc) is 1.83. The molecule has 0 bridgehead atoms. The molecule has 2 N–H and O–H groups in total. The number of likely N-dealkylation sites (tertiary alicyclic amines) is 1. The Hall–Kier alpha value is 0.0700. The van der Waals surface area contributed by atoms with E-state index in [1.165, 1.54) is 0 Å². The van der Waals surface area contributed by atoms with E-state index in [4.69, 9.17) is 5.73 Å². The molecule has 0 amide bonds. The molecule has 0 saturated carbocycles. The van der Waals surface area contributed by atoms with Gasteiger partial charge in [0, 0.05) is 41.9 Å². The Bertz CT molecular complexity index is 145. The predicted molar refractivity (Wildman–Crippen MR) is 48.0 cm³/mol. The molecule has 1 aliphatic heterocycles. The second kappa shape index (κ2) is 4.18. The average molecular weight is 176 g/mol. The third kappa shape index (κ3) is 3.31. The Balaban J connectivity index is 1.92. The second-order valence-electron chi connectivity index (χ2n) is 3.15. The van der Waals surface area contributed by atoms with Gasteiger partial charge in [0.2, 0.25) is 0 Å². The van der Waals surface area contributed by atoms with Crippen LogP contribution in [-0.2, 0) is 10.8 Å². The summed E-state index contributed by atoms with van der Waals surface area (Å²) in [6.45, 7) is 3.11. The summed E-state index contributed by atoms with van der Waals surface area (Å²) in [6.07, 6.45) is 2.79. The van der Waals surface area contributed by atoms with Crippen molar-refractivity contribution >= 4 is 10.8 Å². The van der Waals surface area contributed by atoms with Gasteiger partial charge in [-0.25, -0.2) is 0 Å². The molecule has 1 fully saturated rings. The largest absolute Gasteiger partial charge is 0.325 e. The molecule has 0 aliphatic carbocycles. The van der Waals surface area contributed by atoms with Gasteiger partial charge >= 0.3 is 0 Å². The first-order chi connectivity index (χ1) is 5.18. The molecular weight excluding hydrogens is 160 g/mol. The van der Waals surface area contributed by atoms with Gasteiger partial charge in [-0.1, -0.05) is 0 Å². The molecule has 1 aliphatic rings. The van der Waals surface area contributed by atoms with E-state index in [2.05, 4.69) is 4.90 Å². The highest BCUT2D eigenvalue weighted by atomic mass is 32.2. The van der Waals surface area contributed by atoms with Crippen molar-refractivity contribution in [2.24, 2.45) is 5.73 Å². The molecule has 3 nitrogen and oxygen atoms in total. The van der Waals surface area contributed by atoms with Crippen LogP contribution in [0.25, 0.3) is 0 Å². The Morgan fingerprint density at radius 1 is 1.64 bits per heavy atom. The van der Waals surface area contributed by atoms with Crippen LogP contribution in [0.15, 0.2) is 0 Å². The van der Waals surface area contributed by atoms with E-state index in [1.54, 1.807) is 6.26 Å². The van der Waals surface area contributed by atoms with Gasteiger partial charge < -0.3 is 10.6 Å². The lowest BCUT2D eigenvalue weighted by Gasteiger charge is -2.36. The summed E-state index contributed by atoms with van der Waals surface area (Å²) in [4.78, 5) is 2.30. The highest BCUT2D eigenvalue weighted by molar-refractivity contribution is 7.84. The lowest BCUT2D eigenvalue weighted by Crippen LogP contribution is -2.55. The van der Waals surface area contributed by atoms with Gasteiger partial charge in [-0.15, -0.1) is 0 Å². The summed E-state index contributed by atoms with van der Waals surface area (Å²) in [5.74, 6) is 0.825. The van der Waals surface area contributed by atoms with Crippen molar-refractivity contribution in [3.05, 3.63) is 0 Å². The standard InChI is InChI=1S/C7H16N2OS/c1-11(10)4-2-3-9-5-7(8)6-9/h7H,2-6,8H2,1H3.